The smallest absolute Gasteiger partial charge is 0.335 e. The number of hydrogen-bond donors (Lipinski definition) is 3. The van der Waals surface area contributed by atoms with Gasteiger partial charge in [0.2, 0.25) is 22.0 Å². The maximum absolute atomic E-state index is 11.9. The van der Waals surface area contributed by atoms with Gasteiger partial charge in [-0.2, -0.15) is 19.6 Å². The van der Waals surface area contributed by atoms with Gasteiger partial charge < -0.3 is 24.8 Å². The van der Waals surface area contributed by atoms with Gasteiger partial charge in [0.25, 0.3) is 0 Å². The molecule has 14 heteroatoms. The van der Waals surface area contributed by atoms with Gasteiger partial charge >= 0.3 is 5.97 Å². The highest BCUT2D eigenvalue weighted by molar-refractivity contribution is 7.12. The van der Waals surface area contributed by atoms with Crippen molar-refractivity contribution in [1.82, 2.24) is 29.5 Å². The van der Waals surface area contributed by atoms with E-state index in [1.54, 1.807) is 40.2 Å². The minimum Gasteiger partial charge on any atom is -0.497 e. The first-order valence-electron chi connectivity index (χ1n) is 15.3. The molecule has 0 amide bonds. The van der Waals surface area contributed by atoms with Crippen LogP contribution in [-0.4, -0.2) is 65.0 Å². The maximum atomic E-state index is 11.9. The molecule has 0 saturated heterocycles. The average Bonchev–Trinajstić information content (AvgIpc) is 3.93. The van der Waals surface area contributed by atoms with Crippen molar-refractivity contribution in [1.29, 1.82) is 0 Å². The molecule has 7 rings (SSSR count). The number of aromatic nitrogens is 6. The molecule has 0 radical (unpaired) electrons. The lowest BCUT2D eigenvalue weighted by molar-refractivity contribution is 0.0697. The Morgan fingerprint density at radius 3 is 1.60 bits per heavy atom. The van der Waals surface area contributed by atoms with Crippen LogP contribution in [0.5, 0.6) is 23.3 Å². The number of aromatic carboxylic acids is 1. The van der Waals surface area contributed by atoms with Crippen LogP contribution in [0.25, 0.3) is 32.8 Å². The first kappa shape index (κ1) is 32.6. The van der Waals surface area contributed by atoms with E-state index in [4.69, 9.17) is 19.4 Å². The molecule has 3 N–H and O–H groups in total. The van der Waals surface area contributed by atoms with Gasteiger partial charge in [0.05, 0.1) is 42.6 Å². The van der Waals surface area contributed by atoms with E-state index in [1.807, 2.05) is 59.3 Å². The number of benzene rings is 3. The predicted octanol–water partition coefficient (Wildman–Crippen LogP) is 7.23. The van der Waals surface area contributed by atoms with Gasteiger partial charge in [-0.05, 0) is 55.8 Å². The molecule has 0 aliphatic rings. The second-order valence-corrected chi connectivity index (χ2v) is 13.0. The van der Waals surface area contributed by atoms with Crippen LogP contribution < -0.4 is 9.47 Å². The fourth-order valence-electron chi connectivity index (χ4n) is 5.85. The third-order valence-corrected chi connectivity index (χ3v) is 9.94. The molecular formula is C36H30N6O6S2. The lowest BCUT2D eigenvalue weighted by atomic mass is 9.84. The van der Waals surface area contributed by atoms with E-state index in [0.717, 1.165) is 11.1 Å². The second-order valence-electron chi connectivity index (χ2n) is 11.3. The topological polar surface area (TPSA) is 158 Å². The fraction of sp³-hybridized carbons (Fsp3) is 0.139. The van der Waals surface area contributed by atoms with E-state index in [0.29, 0.717) is 61.2 Å². The number of aromatic hydroxyl groups is 2. The van der Waals surface area contributed by atoms with Crippen LogP contribution in [0.4, 0.5) is 0 Å². The van der Waals surface area contributed by atoms with Gasteiger partial charge in [-0.1, -0.05) is 36.4 Å². The molecule has 0 atom stereocenters. The van der Waals surface area contributed by atoms with Gasteiger partial charge in [0.1, 0.15) is 11.5 Å². The average molecular weight is 707 g/mol. The number of rotatable bonds is 10. The molecule has 4 aromatic heterocycles. The third kappa shape index (κ3) is 5.84. The quantitative estimate of drug-likeness (QED) is 0.133. The third-order valence-electron chi connectivity index (χ3n) is 8.31. The van der Waals surface area contributed by atoms with Crippen LogP contribution in [0.2, 0.25) is 0 Å². The van der Waals surface area contributed by atoms with Gasteiger partial charge in [0, 0.05) is 38.9 Å². The molecule has 0 aliphatic carbocycles. The number of hydrogen-bond acceptors (Lipinski definition) is 11. The van der Waals surface area contributed by atoms with E-state index >= 15 is 0 Å². The van der Waals surface area contributed by atoms with Crippen molar-refractivity contribution in [3.8, 4) is 56.0 Å². The number of aryl methyl sites for hydroxylation is 2. The standard InChI is InChI=1S/C36H30N6O6S2/c1-19-29(32(43)41(39-19)35-37-27(17-49-35)23-7-5-9-25(15-23)47-3)31(21-11-13-22(14-12-21)34(45)46)30-20(2)40-42(33(30)44)36-38-28(18-50-36)24-8-6-10-26(16-24)48-4/h5-18,31,43-44H,1-4H3,(H,45,46). The van der Waals surface area contributed by atoms with Gasteiger partial charge in [-0.3, -0.25) is 0 Å². The Hall–Kier alpha value is -5.99. The number of nitrogens with zero attached hydrogens (tertiary/aromatic N) is 6. The van der Waals surface area contributed by atoms with E-state index < -0.39 is 11.9 Å². The molecule has 0 saturated carbocycles. The normalized spacial score (nSPS) is 11.3. The molecule has 0 fully saturated rings. The number of carbonyl (C=O) groups is 1. The number of ether oxygens (including phenoxy) is 2. The second kappa shape index (κ2) is 13.1. The van der Waals surface area contributed by atoms with E-state index in [-0.39, 0.29) is 17.3 Å². The molecule has 12 nitrogen and oxygen atoms in total. The van der Waals surface area contributed by atoms with Crippen LogP contribution in [0, 0.1) is 13.8 Å². The van der Waals surface area contributed by atoms with Crippen LogP contribution in [0.3, 0.4) is 0 Å². The molecule has 3 aromatic carbocycles. The maximum Gasteiger partial charge on any atom is 0.335 e. The summed E-state index contributed by atoms with van der Waals surface area (Å²) in [5.74, 6) is -0.836. The Kier molecular flexibility index (Phi) is 8.55. The van der Waals surface area contributed by atoms with Crippen molar-refractivity contribution in [3.63, 3.8) is 0 Å². The largest absolute Gasteiger partial charge is 0.497 e. The minimum absolute atomic E-state index is 0.0986. The molecule has 50 heavy (non-hydrogen) atoms. The lowest BCUT2D eigenvalue weighted by Crippen LogP contribution is -2.07. The molecule has 0 unspecified atom stereocenters. The molecule has 0 aliphatic heterocycles. The highest BCUT2D eigenvalue weighted by atomic mass is 32.1. The summed E-state index contributed by atoms with van der Waals surface area (Å²) in [5, 5.41) is 47.3. The van der Waals surface area contributed by atoms with Crippen molar-refractivity contribution in [2.45, 2.75) is 19.8 Å². The van der Waals surface area contributed by atoms with Crippen molar-refractivity contribution in [2.75, 3.05) is 14.2 Å². The zero-order valence-electron chi connectivity index (χ0n) is 27.2. The Morgan fingerprint density at radius 1 is 0.720 bits per heavy atom. The number of carboxylic acid groups (broad SMARTS) is 1. The van der Waals surface area contributed by atoms with Crippen LogP contribution in [-0.2, 0) is 0 Å². The molecule has 252 valence electrons. The van der Waals surface area contributed by atoms with Gasteiger partial charge in [0.15, 0.2) is 0 Å². The van der Waals surface area contributed by atoms with Gasteiger partial charge in [-0.25, -0.2) is 14.8 Å². The van der Waals surface area contributed by atoms with Crippen molar-refractivity contribution >= 4 is 28.6 Å². The number of carboxylic acids is 1. The summed E-state index contributed by atoms with van der Waals surface area (Å²) in [4.78, 5) is 21.2. The van der Waals surface area contributed by atoms with Crippen LogP contribution >= 0.6 is 22.7 Å². The summed E-state index contributed by atoms with van der Waals surface area (Å²) >= 11 is 2.62. The van der Waals surface area contributed by atoms with Crippen molar-refractivity contribution in [3.05, 3.63) is 117 Å². The molecule has 4 heterocycles. The summed E-state index contributed by atoms with van der Waals surface area (Å²) in [6.45, 7) is 3.53. The Balaban J connectivity index is 1.33. The van der Waals surface area contributed by atoms with E-state index in [9.17, 15) is 20.1 Å². The molecule has 7 aromatic rings. The summed E-state index contributed by atoms with van der Waals surface area (Å²) in [5.41, 5.74) is 5.53. The highest BCUT2D eigenvalue weighted by Crippen LogP contribution is 2.45. The van der Waals surface area contributed by atoms with Crippen molar-refractivity contribution < 1.29 is 29.6 Å². The lowest BCUT2D eigenvalue weighted by Gasteiger charge is -2.18. The fourth-order valence-corrected chi connectivity index (χ4v) is 7.41. The zero-order chi connectivity index (χ0) is 35.1. The Labute approximate surface area is 294 Å². The molecular weight excluding hydrogens is 677 g/mol. The molecule has 0 bridgehead atoms. The Bertz CT molecular complexity index is 2220. The summed E-state index contributed by atoms with van der Waals surface area (Å²) in [6, 6.07) is 21.3. The van der Waals surface area contributed by atoms with E-state index in [1.165, 1.54) is 44.2 Å². The minimum atomic E-state index is -1.07. The predicted molar refractivity (Wildman–Crippen MR) is 190 cm³/mol. The van der Waals surface area contributed by atoms with Crippen LogP contribution in [0.15, 0.2) is 83.6 Å². The number of methoxy groups -OCH3 is 2. The van der Waals surface area contributed by atoms with Crippen LogP contribution in [0.1, 0.15) is 44.4 Å². The summed E-state index contributed by atoms with van der Waals surface area (Å²) in [7, 11) is 3.20. The zero-order valence-corrected chi connectivity index (χ0v) is 28.9. The number of thiazole rings is 2. The van der Waals surface area contributed by atoms with Gasteiger partial charge in [-0.15, -0.1) is 22.7 Å². The first-order chi connectivity index (χ1) is 24.2. The highest BCUT2D eigenvalue weighted by Gasteiger charge is 2.34. The SMILES string of the molecule is COc1cccc(-c2csc(-n3nc(C)c(C(c4ccc(C(=O)O)cc4)c4c(C)nn(-c5nc(-c6cccc(OC)c6)cs5)c4O)c3O)n2)c1. The van der Waals surface area contributed by atoms with E-state index in [2.05, 4.69) is 10.2 Å². The first-order valence-corrected chi connectivity index (χ1v) is 17.0. The summed E-state index contributed by atoms with van der Waals surface area (Å²) in [6.07, 6.45) is 0. The summed E-state index contributed by atoms with van der Waals surface area (Å²) < 4.78 is 13.5. The monoisotopic (exact) mass is 706 g/mol. The van der Waals surface area contributed by atoms with Crippen molar-refractivity contribution in [2.24, 2.45) is 0 Å². The molecule has 0 spiro atoms. The Morgan fingerprint density at radius 2 is 1.18 bits per heavy atom.